The van der Waals surface area contributed by atoms with Crippen LogP contribution in [0.2, 0.25) is 0 Å². The molecule has 1 aliphatic rings. The molecule has 1 amide bonds. The fourth-order valence-corrected chi connectivity index (χ4v) is 3.73. The molecule has 0 unspecified atom stereocenters. The Labute approximate surface area is 167 Å². The fourth-order valence-electron chi connectivity index (χ4n) is 3.73. The van der Waals surface area contributed by atoms with Crippen molar-refractivity contribution in [3.05, 3.63) is 54.7 Å². The van der Waals surface area contributed by atoms with Crippen LogP contribution in [0.5, 0.6) is 0 Å². The first-order valence-corrected chi connectivity index (χ1v) is 9.78. The molecule has 1 N–H and O–H groups in total. The molecule has 0 atom stereocenters. The highest BCUT2D eigenvalue weighted by atomic mass is 16.5. The molecule has 0 aliphatic heterocycles. The number of hydrogen-bond donors (Lipinski definition) is 1. The third-order valence-corrected chi connectivity index (χ3v) is 5.26. The van der Waals surface area contributed by atoms with Crippen molar-refractivity contribution >= 4 is 11.6 Å². The summed E-state index contributed by atoms with van der Waals surface area (Å²) in [6.07, 6.45) is 7.79. The zero-order valence-corrected chi connectivity index (χ0v) is 15.8. The molecule has 4 aromatic rings. The third-order valence-electron chi connectivity index (χ3n) is 5.26. The van der Waals surface area contributed by atoms with Crippen LogP contribution in [-0.2, 0) is 11.3 Å². The Morgan fingerprint density at radius 1 is 1.14 bits per heavy atom. The molecule has 8 heteroatoms. The summed E-state index contributed by atoms with van der Waals surface area (Å²) in [7, 11) is 0. The van der Waals surface area contributed by atoms with Crippen LogP contribution in [-0.4, -0.2) is 30.6 Å². The van der Waals surface area contributed by atoms with E-state index in [-0.39, 0.29) is 18.4 Å². The Kier molecular flexibility index (Phi) is 4.51. The first kappa shape index (κ1) is 17.5. The van der Waals surface area contributed by atoms with Crippen LogP contribution in [0.15, 0.2) is 53.3 Å². The van der Waals surface area contributed by atoms with Crippen LogP contribution in [0.3, 0.4) is 0 Å². The highest BCUT2D eigenvalue weighted by molar-refractivity contribution is 5.78. The molecule has 8 nitrogen and oxygen atoms in total. The quantitative estimate of drug-likeness (QED) is 0.563. The van der Waals surface area contributed by atoms with Crippen molar-refractivity contribution in [1.29, 1.82) is 0 Å². The lowest BCUT2D eigenvalue weighted by Gasteiger charge is -2.07. The highest BCUT2D eigenvalue weighted by Crippen LogP contribution is 2.26. The second-order valence-corrected chi connectivity index (χ2v) is 7.24. The van der Waals surface area contributed by atoms with E-state index in [0.717, 1.165) is 48.2 Å². The maximum Gasteiger partial charge on any atom is 0.246 e. The predicted molar refractivity (Wildman–Crippen MR) is 106 cm³/mol. The largest absolute Gasteiger partial charge is 0.347 e. The summed E-state index contributed by atoms with van der Waals surface area (Å²) in [5, 5.41) is 11.2. The SMILES string of the molecule is O=C(NCc1nc(-c2cccc(-c3cn4ncccc4n3)c2)no1)C1CCCC1. The smallest absolute Gasteiger partial charge is 0.246 e. The van der Waals surface area contributed by atoms with Gasteiger partial charge in [-0.05, 0) is 31.0 Å². The van der Waals surface area contributed by atoms with E-state index in [0.29, 0.717) is 11.7 Å². The molecule has 3 heterocycles. The van der Waals surface area contributed by atoms with Crippen molar-refractivity contribution in [2.45, 2.75) is 32.2 Å². The van der Waals surface area contributed by atoms with E-state index in [1.54, 1.807) is 10.7 Å². The van der Waals surface area contributed by atoms with Gasteiger partial charge in [0.25, 0.3) is 0 Å². The van der Waals surface area contributed by atoms with Gasteiger partial charge in [0.15, 0.2) is 5.65 Å². The van der Waals surface area contributed by atoms with Crippen LogP contribution < -0.4 is 5.32 Å². The number of nitrogens with zero attached hydrogens (tertiary/aromatic N) is 5. The second-order valence-electron chi connectivity index (χ2n) is 7.24. The molecule has 0 spiro atoms. The van der Waals surface area contributed by atoms with Crippen LogP contribution in [0.25, 0.3) is 28.3 Å². The average Bonchev–Trinajstić information content (AvgIpc) is 3.52. The van der Waals surface area contributed by atoms with Gasteiger partial charge in [0.2, 0.25) is 17.6 Å². The van der Waals surface area contributed by atoms with Crippen LogP contribution in [0.1, 0.15) is 31.6 Å². The summed E-state index contributed by atoms with van der Waals surface area (Å²) in [6.45, 7) is 0.250. The number of hydrogen-bond acceptors (Lipinski definition) is 6. The van der Waals surface area contributed by atoms with Gasteiger partial charge in [-0.2, -0.15) is 10.1 Å². The van der Waals surface area contributed by atoms with Gasteiger partial charge in [-0.1, -0.05) is 36.2 Å². The Morgan fingerprint density at radius 2 is 2.00 bits per heavy atom. The highest BCUT2D eigenvalue weighted by Gasteiger charge is 2.22. The minimum Gasteiger partial charge on any atom is -0.347 e. The van der Waals surface area contributed by atoms with Gasteiger partial charge in [-0.3, -0.25) is 4.79 Å². The van der Waals surface area contributed by atoms with E-state index in [1.807, 2.05) is 42.6 Å². The standard InChI is InChI=1S/C21H20N6O2/c28-21(14-5-1-2-6-14)22-12-19-25-20(26-29-19)16-8-3-7-15(11-16)17-13-27-18(24-17)9-4-10-23-27/h3-4,7-11,13-14H,1-2,5-6,12H2,(H,22,28). The van der Waals surface area contributed by atoms with Crippen molar-refractivity contribution < 1.29 is 9.32 Å². The van der Waals surface area contributed by atoms with Gasteiger partial charge in [0.05, 0.1) is 18.4 Å². The molecule has 0 radical (unpaired) electrons. The van der Waals surface area contributed by atoms with E-state index in [1.165, 1.54) is 0 Å². The number of nitrogens with one attached hydrogen (secondary N) is 1. The zero-order valence-electron chi connectivity index (χ0n) is 15.8. The molecule has 0 saturated heterocycles. The number of carbonyl (C=O) groups excluding carboxylic acids is 1. The zero-order chi connectivity index (χ0) is 19.6. The fraction of sp³-hybridized carbons (Fsp3) is 0.286. The number of carbonyl (C=O) groups is 1. The monoisotopic (exact) mass is 388 g/mol. The van der Waals surface area contributed by atoms with E-state index in [2.05, 4.69) is 25.5 Å². The van der Waals surface area contributed by atoms with Crippen LogP contribution in [0.4, 0.5) is 0 Å². The van der Waals surface area contributed by atoms with Crippen molar-refractivity contribution in [2.75, 3.05) is 0 Å². The van der Waals surface area contributed by atoms with Crippen molar-refractivity contribution in [2.24, 2.45) is 5.92 Å². The molecule has 1 saturated carbocycles. The maximum absolute atomic E-state index is 12.2. The number of aromatic nitrogens is 5. The van der Waals surface area contributed by atoms with E-state index in [9.17, 15) is 4.79 Å². The topological polar surface area (TPSA) is 98.2 Å². The first-order valence-electron chi connectivity index (χ1n) is 9.78. The average molecular weight is 388 g/mol. The molecule has 3 aromatic heterocycles. The number of fused-ring (bicyclic) bond motifs is 1. The number of imidazole rings is 1. The summed E-state index contributed by atoms with van der Waals surface area (Å²) in [5.41, 5.74) is 3.37. The molecular formula is C21H20N6O2. The Hall–Kier alpha value is -3.55. The summed E-state index contributed by atoms with van der Waals surface area (Å²) < 4.78 is 7.06. The van der Waals surface area contributed by atoms with Crippen LogP contribution >= 0.6 is 0 Å². The molecular weight excluding hydrogens is 368 g/mol. The van der Waals surface area contributed by atoms with E-state index >= 15 is 0 Å². The van der Waals surface area contributed by atoms with E-state index in [4.69, 9.17) is 4.52 Å². The van der Waals surface area contributed by atoms with Crippen molar-refractivity contribution in [3.63, 3.8) is 0 Å². The third kappa shape index (κ3) is 3.61. The number of rotatable bonds is 5. The van der Waals surface area contributed by atoms with Crippen LogP contribution in [0, 0.1) is 5.92 Å². The summed E-state index contributed by atoms with van der Waals surface area (Å²) >= 11 is 0. The Bertz CT molecular complexity index is 1130. The molecule has 1 fully saturated rings. The minimum atomic E-state index is 0.0738. The summed E-state index contributed by atoms with van der Waals surface area (Å²) in [4.78, 5) is 21.2. The summed E-state index contributed by atoms with van der Waals surface area (Å²) in [5.74, 6) is 1.08. The maximum atomic E-state index is 12.2. The molecule has 0 bridgehead atoms. The summed E-state index contributed by atoms with van der Waals surface area (Å²) in [6, 6.07) is 11.6. The number of amides is 1. The molecule has 1 aromatic carbocycles. The van der Waals surface area contributed by atoms with Gasteiger partial charge in [0.1, 0.15) is 0 Å². The molecule has 1 aliphatic carbocycles. The molecule has 29 heavy (non-hydrogen) atoms. The normalized spacial score (nSPS) is 14.5. The van der Waals surface area contributed by atoms with Crippen molar-refractivity contribution in [1.82, 2.24) is 30.1 Å². The van der Waals surface area contributed by atoms with Crippen molar-refractivity contribution in [3.8, 4) is 22.6 Å². The molecule has 146 valence electrons. The molecule has 5 rings (SSSR count). The van der Waals surface area contributed by atoms with Gasteiger partial charge < -0.3 is 9.84 Å². The first-order chi connectivity index (χ1) is 14.3. The predicted octanol–water partition coefficient (Wildman–Crippen LogP) is 3.25. The van der Waals surface area contributed by atoms with Gasteiger partial charge >= 0.3 is 0 Å². The van der Waals surface area contributed by atoms with Gasteiger partial charge in [-0.25, -0.2) is 9.50 Å². The number of benzene rings is 1. The lowest BCUT2D eigenvalue weighted by molar-refractivity contribution is -0.125. The Morgan fingerprint density at radius 3 is 2.86 bits per heavy atom. The Balaban J connectivity index is 1.32. The lowest BCUT2D eigenvalue weighted by Crippen LogP contribution is -2.28. The van der Waals surface area contributed by atoms with E-state index < -0.39 is 0 Å². The van der Waals surface area contributed by atoms with Gasteiger partial charge in [0, 0.05) is 23.2 Å². The minimum absolute atomic E-state index is 0.0738. The lowest BCUT2D eigenvalue weighted by atomic mass is 10.1. The second kappa shape index (κ2) is 7.46. The van der Waals surface area contributed by atoms with Gasteiger partial charge in [-0.15, -0.1) is 0 Å².